The summed E-state index contributed by atoms with van der Waals surface area (Å²) in [6.07, 6.45) is 7.27. The van der Waals surface area contributed by atoms with Crippen LogP contribution in [0.5, 0.6) is 0 Å². The number of aryl methyl sites for hydroxylation is 1. The molecule has 4 N–H and O–H groups in total. The third-order valence-corrected chi connectivity index (χ3v) is 5.70. The molecule has 1 aromatic rings. The SMILES string of the molecule is Cc1ccc(S(=O)(=O)NCCN=C(N)NC2CCCCCC2)cc1. The van der Waals surface area contributed by atoms with Crippen LogP contribution in [0.1, 0.15) is 44.1 Å². The number of guanidine groups is 1. The summed E-state index contributed by atoms with van der Waals surface area (Å²) in [6.45, 7) is 2.46. The van der Waals surface area contributed by atoms with Gasteiger partial charge in [0.25, 0.3) is 0 Å². The minimum atomic E-state index is -3.49. The molecule has 0 amide bonds. The van der Waals surface area contributed by atoms with Gasteiger partial charge in [-0.2, -0.15) is 0 Å². The van der Waals surface area contributed by atoms with Gasteiger partial charge >= 0.3 is 0 Å². The number of nitrogens with one attached hydrogen (secondary N) is 2. The van der Waals surface area contributed by atoms with Crippen molar-refractivity contribution in [2.75, 3.05) is 13.1 Å². The van der Waals surface area contributed by atoms with Gasteiger partial charge in [0.05, 0.1) is 11.4 Å². The van der Waals surface area contributed by atoms with E-state index < -0.39 is 10.0 Å². The Morgan fingerprint density at radius 2 is 1.79 bits per heavy atom. The third kappa shape index (κ3) is 6.13. The zero-order valence-electron chi connectivity index (χ0n) is 14.3. The molecule has 1 aliphatic carbocycles. The summed E-state index contributed by atoms with van der Waals surface area (Å²) in [7, 11) is -3.49. The van der Waals surface area contributed by atoms with E-state index in [4.69, 9.17) is 5.73 Å². The second-order valence-corrected chi connectivity index (χ2v) is 8.08. The first-order valence-electron chi connectivity index (χ1n) is 8.60. The van der Waals surface area contributed by atoms with Crippen molar-refractivity contribution in [1.29, 1.82) is 0 Å². The van der Waals surface area contributed by atoms with Crippen molar-refractivity contribution < 1.29 is 8.42 Å². The number of sulfonamides is 1. The van der Waals surface area contributed by atoms with E-state index >= 15 is 0 Å². The first-order valence-corrected chi connectivity index (χ1v) is 10.1. The van der Waals surface area contributed by atoms with Gasteiger partial charge in [-0.15, -0.1) is 0 Å². The van der Waals surface area contributed by atoms with Crippen molar-refractivity contribution in [2.45, 2.75) is 56.4 Å². The predicted molar refractivity (Wildman–Crippen MR) is 97.5 cm³/mol. The van der Waals surface area contributed by atoms with Crippen molar-refractivity contribution in [1.82, 2.24) is 10.0 Å². The lowest BCUT2D eigenvalue weighted by molar-refractivity contribution is 0.530. The van der Waals surface area contributed by atoms with Crippen LogP contribution in [0.15, 0.2) is 34.2 Å². The van der Waals surface area contributed by atoms with Gasteiger partial charge in [0.2, 0.25) is 10.0 Å². The topological polar surface area (TPSA) is 96.6 Å². The Morgan fingerprint density at radius 3 is 2.42 bits per heavy atom. The van der Waals surface area contributed by atoms with Crippen LogP contribution in [0.2, 0.25) is 0 Å². The molecule has 0 aliphatic heterocycles. The molecule has 0 saturated heterocycles. The van der Waals surface area contributed by atoms with E-state index in [0.717, 1.165) is 18.4 Å². The van der Waals surface area contributed by atoms with Crippen LogP contribution < -0.4 is 15.8 Å². The molecule has 134 valence electrons. The molecule has 7 heteroatoms. The highest BCUT2D eigenvalue weighted by atomic mass is 32.2. The number of aliphatic imine (C=N–C) groups is 1. The zero-order chi connectivity index (χ0) is 17.4. The van der Waals surface area contributed by atoms with E-state index in [1.807, 2.05) is 6.92 Å². The molecule has 6 nitrogen and oxygen atoms in total. The maximum Gasteiger partial charge on any atom is 0.240 e. The van der Waals surface area contributed by atoms with Gasteiger partial charge in [-0.05, 0) is 31.9 Å². The Balaban J connectivity index is 1.77. The van der Waals surface area contributed by atoms with Crippen molar-refractivity contribution >= 4 is 16.0 Å². The number of benzene rings is 1. The number of hydrogen-bond acceptors (Lipinski definition) is 3. The minimum Gasteiger partial charge on any atom is -0.370 e. The average Bonchev–Trinajstić information content (AvgIpc) is 2.81. The highest BCUT2D eigenvalue weighted by Crippen LogP contribution is 2.16. The van der Waals surface area contributed by atoms with Crippen molar-refractivity contribution in [2.24, 2.45) is 10.7 Å². The summed E-state index contributed by atoms with van der Waals surface area (Å²) in [5, 5.41) is 3.24. The predicted octanol–water partition coefficient (Wildman–Crippen LogP) is 1.90. The van der Waals surface area contributed by atoms with Crippen molar-refractivity contribution in [3.63, 3.8) is 0 Å². The third-order valence-electron chi connectivity index (χ3n) is 4.22. The lowest BCUT2D eigenvalue weighted by Crippen LogP contribution is -2.40. The van der Waals surface area contributed by atoms with Gasteiger partial charge in [0.1, 0.15) is 0 Å². The van der Waals surface area contributed by atoms with Gasteiger partial charge < -0.3 is 11.1 Å². The van der Waals surface area contributed by atoms with Gasteiger partial charge in [0, 0.05) is 12.6 Å². The standard InChI is InChI=1S/C17H28N4O2S/c1-14-8-10-16(11-9-14)24(22,23)20-13-12-19-17(18)21-15-6-4-2-3-5-7-15/h8-11,15,20H,2-7,12-13H2,1H3,(H3,18,19,21). The Kier molecular flexibility index (Phi) is 7.05. The first kappa shape index (κ1) is 18.7. The zero-order valence-corrected chi connectivity index (χ0v) is 15.1. The number of hydrogen-bond donors (Lipinski definition) is 3. The van der Waals surface area contributed by atoms with E-state index in [0.29, 0.717) is 18.5 Å². The Morgan fingerprint density at radius 1 is 1.17 bits per heavy atom. The van der Waals surface area contributed by atoms with Crippen LogP contribution in [-0.4, -0.2) is 33.5 Å². The number of nitrogens with two attached hydrogens (primary N) is 1. The quantitative estimate of drug-likeness (QED) is 0.315. The minimum absolute atomic E-state index is 0.225. The van der Waals surface area contributed by atoms with Gasteiger partial charge in [-0.3, -0.25) is 4.99 Å². The monoisotopic (exact) mass is 352 g/mol. The maximum atomic E-state index is 12.1. The molecule has 0 radical (unpaired) electrons. The van der Waals surface area contributed by atoms with E-state index in [2.05, 4.69) is 15.0 Å². The second-order valence-electron chi connectivity index (χ2n) is 6.31. The van der Waals surface area contributed by atoms with E-state index in [1.54, 1.807) is 24.3 Å². The molecule has 0 bridgehead atoms. The summed E-state index contributed by atoms with van der Waals surface area (Å²) in [6, 6.07) is 7.15. The van der Waals surface area contributed by atoms with Gasteiger partial charge in [-0.1, -0.05) is 43.4 Å². The van der Waals surface area contributed by atoms with Crippen LogP contribution in [0.3, 0.4) is 0 Å². The van der Waals surface area contributed by atoms with Gasteiger partial charge in [0.15, 0.2) is 5.96 Å². The van der Waals surface area contributed by atoms with Crippen molar-refractivity contribution in [3.8, 4) is 0 Å². The second kappa shape index (κ2) is 9.03. The molecule has 24 heavy (non-hydrogen) atoms. The molecule has 0 heterocycles. The average molecular weight is 353 g/mol. The Bertz CT molecular complexity index is 633. The molecule has 1 aromatic carbocycles. The summed E-state index contributed by atoms with van der Waals surface area (Å²) < 4.78 is 26.8. The molecule has 0 spiro atoms. The molecule has 1 aliphatic rings. The van der Waals surface area contributed by atoms with Crippen LogP contribution >= 0.6 is 0 Å². The first-order chi connectivity index (χ1) is 11.5. The fourth-order valence-electron chi connectivity index (χ4n) is 2.84. The maximum absolute atomic E-state index is 12.1. The van der Waals surface area contributed by atoms with Crippen molar-refractivity contribution in [3.05, 3.63) is 29.8 Å². The normalized spacial score (nSPS) is 17.5. The van der Waals surface area contributed by atoms with Crippen LogP contribution in [-0.2, 0) is 10.0 Å². The molecule has 1 saturated carbocycles. The number of rotatable bonds is 6. The molecular weight excluding hydrogens is 324 g/mol. The highest BCUT2D eigenvalue weighted by molar-refractivity contribution is 7.89. The Hall–Kier alpha value is -1.60. The van der Waals surface area contributed by atoms with Crippen LogP contribution in [0.25, 0.3) is 0 Å². The van der Waals surface area contributed by atoms with E-state index in [-0.39, 0.29) is 11.4 Å². The summed E-state index contributed by atoms with van der Waals surface area (Å²) in [5.74, 6) is 0.399. The lowest BCUT2D eigenvalue weighted by Gasteiger charge is -2.16. The van der Waals surface area contributed by atoms with Crippen LogP contribution in [0.4, 0.5) is 0 Å². The fourth-order valence-corrected chi connectivity index (χ4v) is 3.86. The smallest absolute Gasteiger partial charge is 0.240 e. The highest BCUT2D eigenvalue weighted by Gasteiger charge is 2.13. The molecule has 0 unspecified atom stereocenters. The van der Waals surface area contributed by atoms with Gasteiger partial charge in [-0.25, -0.2) is 13.1 Å². The lowest BCUT2D eigenvalue weighted by atomic mass is 10.1. The van der Waals surface area contributed by atoms with Crippen LogP contribution in [0, 0.1) is 6.92 Å². The molecule has 0 atom stereocenters. The largest absolute Gasteiger partial charge is 0.370 e. The van der Waals surface area contributed by atoms with E-state index in [1.165, 1.54) is 25.7 Å². The summed E-state index contributed by atoms with van der Waals surface area (Å²) >= 11 is 0. The number of nitrogens with zero attached hydrogens (tertiary/aromatic N) is 1. The fraction of sp³-hybridized carbons (Fsp3) is 0.588. The molecule has 1 fully saturated rings. The molecular formula is C17H28N4O2S. The molecule has 2 rings (SSSR count). The summed E-state index contributed by atoms with van der Waals surface area (Å²) in [5.41, 5.74) is 6.92. The summed E-state index contributed by atoms with van der Waals surface area (Å²) in [4.78, 5) is 4.48. The van der Waals surface area contributed by atoms with E-state index in [9.17, 15) is 8.42 Å². The Labute approximate surface area is 145 Å². The molecule has 0 aromatic heterocycles.